The third-order valence-corrected chi connectivity index (χ3v) is 4.69. The van der Waals surface area contributed by atoms with Crippen LogP contribution in [-0.2, 0) is 0 Å². The molecule has 1 heterocycles. The van der Waals surface area contributed by atoms with Crippen LogP contribution in [0.5, 0.6) is 0 Å². The molecule has 1 aliphatic heterocycles. The van der Waals surface area contributed by atoms with Crippen LogP contribution in [0.4, 0.5) is 4.39 Å². The number of amides is 1. The molecule has 2 aromatic rings. The molecule has 3 rings (SSSR count). The van der Waals surface area contributed by atoms with Gasteiger partial charge < -0.3 is 4.90 Å². The highest BCUT2D eigenvalue weighted by Crippen LogP contribution is 2.34. The summed E-state index contributed by atoms with van der Waals surface area (Å²) >= 11 is 3.18. The lowest BCUT2D eigenvalue weighted by atomic mass is 10.0. The van der Waals surface area contributed by atoms with Crippen molar-refractivity contribution in [3.8, 4) is 0 Å². The molecule has 0 aliphatic carbocycles. The predicted octanol–water partition coefficient (Wildman–Crippen LogP) is 4.57. The summed E-state index contributed by atoms with van der Waals surface area (Å²) in [6, 6.07) is 14.7. The number of carbonyl (C=O) groups excluding carboxylic acids is 1. The van der Waals surface area contributed by atoms with Crippen LogP contribution in [0, 0.1) is 5.82 Å². The number of rotatable bonds is 2. The minimum Gasteiger partial charge on any atom is -0.332 e. The third kappa shape index (κ3) is 2.72. The van der Waals surface area contributed by atoms with E-state index in [2.05, 4.69) is 15.9 Å². The molecule has 2 aromatic carbocycles. The molecule has 108 valence electrons. The summed E-state index contributed by atoms with van der Waals surface area (Å²) in [6.07, 6.45) is 1.92. The lowest BCUT2D eigenvalue weighted by Gasteiger charge is -2.25. The molecule has 0 bridgehead atoms. The van der Waals surface area contributed by atoms with Crippen LogP contribution in [-0.4, -0.2) is 17.4 Å². The number of hydrogen-bond acceptors (Lipinski definition) is 1. The maximum absolute atomic E-state index is 13.6. The average Bonchev–Trinajstić information content (AvgIpc) is 3.00. The van der Waals surface area contributed by atoms with Crippen molar-refractivity contribution in [2.45, 2.75) is 18.9 Å². The molecule has 0 N–H and O–H groups in total. The summed E-state index contributed by atoms with van der Waals surface area (Å²) in [7, 11) is 0. The third-order valence-electron chi connectivity index (χ3n) is 3.88. The largest absolute Gasteiger partial charge is 0.332 e. The van der Waals surface area contributed by atoms with E-state index in [9.17, 15) is 9.18 Å². The normalized spacial score (nSPS) is 18.0. The Morgan fingerprint density at radius 2 is 1.90 bits per heavy atom. The molecule has 4 heteroatoms. The summed E-state index contributed by atoms with van der Waals surface area (Å²) in [4.78, 5) is 14.6. The van der Waals surface area contributed by atoms with Crippen LogP contribution in [0.1, 0.15) is 34.8 Å². The van der Waals surface area contributed by atoms with E-state index in [1.807, 2.05) is 35.2 Å². The van der Waals surface area contributed by atoms with Crippen molar-refractivity contribution in [2.24, 2.45) is 0 Å². The van der Waals surface area contributed by atoms with E-state index in [0.29, 0.717) is 12.1 Å². The van der Waals surface area contributed by atoms with Gasteiger partial charge in [-0.2, -0.15) is 0 Å². The van der Waals surface area contributed by atoms with Crippen LogP contribution < -0.4 is 0 Å². The lowest BCUT2D eigenvalue weighted by molar-refractivity contribution is 0.0734. The van der Waals surface area contributed by atoms with Gasteiger partial charge in [-0.15, -0.1) is 0 Å². The second-order valence-electron chi connectivity index (χ2n) is 5.17. The highest BCUT2D eigenvalue weighted by atomic mass is 79.9. The van der Waals surface area contributed by atoms with Crippen molar-refractivity contribution in [1.82, 2.24) is 4.90 Å². The Kier molecular flexibility index (Phi) is 4.06. The molecule has 1 unspecified atom stereocenters. The van der Waals surface area contributed by atoms with E-state index < -0.39 is 5.82 Å². The Balaban J connectivity index is 1.92. The molecular formula is C17H15BrFNO. The average molecular weight is 348 g/mol. The van der Waals surface area contributed by atoms with Crippen molar-refractivity contribution in [2.75, 3.05) is 6.54 Å². The fraction of sp³-hybridized carbons (Fsp3) is 0.235. The molecule has 1 amide bonds. The van der Waals surface area contributed by atoms with Gasteiger partial charge in [0.1, 0.15) is 5.82 Å². The zero-order chi connectivity index (χ0) is 14.8. The SMILES string of the molecule is O=C(c1cccc(F)c1Br)N1CCCC1c1ccccc1. The van der Waals surface area contributed by atoms with E-state index in [0.717, 1.165) is 18.4 Å². The molecule has 1 atom stereocenters. The fourth-order valence-electron chi connectivity index (χ4n) is 2.86. The predicted molar refractivity (Wildman–Crippen MR) is 83.6 cm³/mol. The van der Waals surface area contributed by atoms with Gasteiger partial charge in [0, 0.05) is 6.54 Å². The molecule has 1 aliphatic rings. The van der Waals surface area contributed by atoms with Gasteiger partial charge in [-0.25, -0.2) is 4.39 Å². The minimum absolute atomic E-state index is 0.0777. The van der Waals surface area contributed by atoms with Gasteiger partial charge in [0.05, 0.1) is 16.1 Å². The second kappa shape index (κ2) is 5.98. The van der Waals surface area contributed by atoms with Crippen LogP contribution in [0.3, 0.4) is 0 Å². The zero-order valence-electron chi connectivity index (χ0n) is 11.4. The summed E-state index contributed by atoms with van der Waals surface area (Å²) in [5.41, 5.74) is 1.52. The van der Waals surface area contributed by atoms with Gasteiger partial charge >= 0.3 is 0 Å². The molecule has 1 fully saturated rings. The summed E-state index contributed by atoms with van der Waals surface area (Å²) in [6.45, 7) is 0.710. The Labute approximate surface area is 131 Å². The van der Waals surface area contributed by atoms with Crippen molar-refractivity contribution in [1.29, 1.82) is 0 Å². The first kappa shape index (κ1) is 14.3. The van der Waals surface area contributed by atoms with Crippen molar-refractivity contribution in [3.63, 3.8) is 0 Å². The van der Waals surface area contributed by atoms with Crippen molar-refractivity contribution in [3.05, 3.63) is 69.9 Å². The second-order valence-corrected chi connectivity index (χ2v) is 5.96. The number of carbonyl (C=O) groups is 1. The number of likely N-dealkylation sites (tertiary alicyclic amines) is 1. The van der Waals surface area contributed by atoms with Crippen molar-refractivity contribution >= 4 is 21.8 Å². The fourth-order valence-corrected chi connectivity index (χ4v) is 3.29. The first-order valence-corrected chi connectivity index (χ1v) is 7.77. The molecule has 0 radical (unpaired) electrons. The van der Waals surface area contributed by atoms with E-state index >= 15 is 0 Å². The zero-order valence-corrected chi connectivity index (χ0v) is 13.0. The molecule has 0 aromatic heterocycles. The Bertz CT molecular complexity index is 659. The minimum atomic E-state index is -0.406. The molecule has 1 saturated heterocycles. The number of hydrogen-bond donors (Lipinski definition) is 0. The molecule has 0 spiro atoms. The smallest absolute Gasteiger partial charge is 0.255 e. The molecule has 2 nitrogen and oxygen atoms in total. The topological polar surface area (TPSA) is 20.3 Å². The monoisotopic (exact) mass is 347 g/mol. The van der Waals surface area contributed by atoms with E-state index in [1.54, 1.807) is 12.1 Å². The van der Waals surface area contributed by atoms with E-state index in [1.165, 1.54) is 6.07 Å². The maximum Gasteiger partial charge on any atom is 0.255 e. The summed E-state index contributed by atoms with van der Waals surface area (Å²) < 4.78 is 13.9. The molecular weight excluding hydrogens is 333 g/mol. The van der Waals surface area contributed by atoms with Gasteiger partial charge in [-0.05, 0) is 46.5 Å². The first-order chi connectivity index (χ1) is 10.2. The number of benzene rings is 2. The van der Waals surface area contributed by atoms with Crippen LogP contribution in [0.15, 0.2) is 53.0 Å². The molecule has 0 saturated carbocycles. The lowest BCUT2D eigenvalue weighted by Crippen LogP contribution is -2.30. The number of nitrogens with zero attached hydrogens (tertiary/aromatic N) is 1. The van der Waals surface area contributed by atoms with Gasteiger partial charge in [-0.3, -0.25) is 4.79 Å². The van der Waals surface area contributed by atoms with Gasteiger partial charge in [-0.1, -0.05) is 36.4 Å². The Morgan fingerprint density at radius 1 is 1.14 bits per heavy atom. The quantitative estimate of drug-likeness (QED) is 0.779. The van der Waals surface area contributed by atoms with Gasteiger partial charge in [0.15, 0.2) is 0 Å². The first-order valence-electron chi connectivity index (χ1n) is 6.98. The Morgan fingerprint density at radius 3 is 2.67 bits per heavy atom. The van der Waals surface area contributed by atoms with Crippen LogP contribution in [0.25, 0.3) is 0 Å². The molecule has 21 heavy (non-hydrogen) atoms. The van der Waals surface area contributed by atoms with Crippen LogP contribution >= 0.6 is 15.9 Å². The van der Waals surface area contributed by atoms with Crippen LogP contribution in [0.2, 0.25) is 0 Å². The summed E-state index contributed by atoms with van der Waals surface area (Å²) in [5.74, 6) is -0.524. The maximum atomic E-state index is 13.6. The standard InChI is InChI=1S/C17H15BrFNO/c18-16-13(8-4-9-14(16)19)17(21)20-11-5-10-15(20)12-6-2-1-3-7-12/h1-4,6-9,15H,5,10-11H2. The Hall–Kier alpha value is -1.68. The summed E-state index contributed by atoms with van der Waals surface area (Å²) in [5, 5.41) is 0. The van der Waals surface area contributed by atoms with Gasteiger partial charge in [0.25, 0.3) is 5.91 Å². The number of halogens is 2. The van der Waals surface area contributed by atoms with E-state index in [-0.39, 0.29) is 16.4 Å². The van der Waals surface area contributed by atoms with Gasteiger partial charge in [0.2, 0.25) is 0 Å². The highest BCUT2D eigenvalue weighted by Gasteiger charge is 2.31. The van der Waals surface area contributed by atoms with E-state index in [4.69, 9.17) is 0 Å². The highest BCUT2D eigenvalue weighted by molar-refractivity contribution is 9.10. The van der Waals surface area contributed by atoms with Crippen molar-refractivity contribution < 1.29 is 9.18 Å².